The van der Waals surface area contributed by atoms with E-state index in [-0.39, 0.29) is 23.8 Å². The molecule has 1 aliphatic heterocycles. The van der Waals surface area contributed by atoms with Crippen LogP contribution in [0.25, 0.3) is 0 Å². The molecule has 0 radical (unpaired) electrons. The van der Waals surface area contributed by atoms with E-state index in [1.165, 1.54) is 37.0 Å². The summed E-state index contributed by atoms with van der Waals surface area (Å²) < 4.78 is 0. The van der Waals surface area contributed by atoms with Gasteiger partial charge in [-0.2, -0.15) is 0 Å². The Hall–Kier alpha value is -0.900. The number of hydrogen-bond donors (Lipinski definition) is 1. The Labute approximate surface area is 115 Å². The van der Waals surface area contributed by atoms with Gasteiger partial charge in [0.25, 0.3) is 0 Å². The van der Waals surface area contributed by atoms with Crippen molar-refractivity contribution in [3.05, 3.63) is 0 Å². The molecule has 2 amide bonds. The lowest BCUT2D eigenvalue weighted by Gasteiger charge is -2.33. The van der Waals surface area contributed by atoms with Gasteiger partial charge in [-0.05, 0) is 25.3 Å². The molecule has 2 fully saturated rings. The summed E-state index contributed by atoms with van der Waals surface area (Å²) in [7, 11) is 0. The highest BCUT2D eigenvalue weighted by Crippen LogP contribution is 2.28. The van der Waals surface area contributed by atoms with Gasteiger partial charge in [0.15, 0.2) is 0 Å². The highest BCUT2D eigenvalue weighted by atomic mass is 16.2. The Morgan fingerprint density at radius 3 is 2.47 bits per heavy atom. The highest BCUT2D eigenvalue weighted by molar-refractivity contribution is 6.03. The summed E-state index contributed by atoms with van der Waals surface area (Å²) >= 11 is 0. The maximum atomic E-state index is 12.0. The second-order valence-electron chi connectivity index (χ2n) is 6.01. The van der Waals surface area contributed by atoms with Crippen molar-refractivity contribution in [2.24, 2.45) is 11.8 Å². The molecule has 0 aromatic rings. The van der Waals surface area contributed by atoms with Crippen LogP contribution in [0.5, 0.6) is 0 Å². The minimum Gasteiger partial charge on any atom is -0.312 e. The van der Waals surface area contributed by atoms with Crippen LogP contribution >= 0.6 is 0 Å². The Kier molecular flexibility index (Phi) is 4.97. The fourth-order valence-corrected chi connectivity index (χ4v) is 3.42. The number of carbonyl (C=O) groups excluding carboxylic acids is 2. The molecule has 4 heteroatoms. The van der Waals surface area contributed by atoms with Crippen molar-refractivity contribution in [3.8, 4) is 0 Å². The maximum absolute atomic E-state index is 12.0. The number of hydrogen-bond acceptors (Lipinski definition) is 3. The van der Waals surface area contributed by atoms with Crippen LogP contribution in [0.2, 0.25) is 0 Å². The summed E-state index contributed by atoms with van der Waals surface area (Å²) in [5.41, 5.74) is 0. The lowest BCUT2D eigenvalue weighted by Crippen LogP contribution is -2.48. The third-order valence-electron chi connectivity index (χ3n) is 4.53. The molecule has 2 rings (SSSR count). The minimum absolute atomic E-state index is 0.0104. The molecule has 1 saturated carbocycles. The van der Waals surface area contributed by atoms with Crippen molar-refractivity contribution in [2.75, 3.05) is 13.1 Å². The van der Waals surface area contributed by atoms with E-state index in [0.717, 1.165) is 6.54 Å². The molecule has 2 aliphatic rings. The molecular formula is C15H26N2O2. The first-order chi connectivity index (χ1) is 9.13. The van der Waals surface area contributed by atoms with Crippen LogP contribution in [-0.2, 0) is 9.59 Å². The van der Waals surface area contributed by atoms with Crippen molar-refractivity contribution in [2.45, 2.75) is 58.4 Å². The fraction of sp³-hybridized carbons (Fsp3) is 0.867. The van der Waals surface area contributed by atoms with E-state index in [2.05, 4.69) is 12.2 Å². The largest absolute Gasteiger partial charge is 0.312 e. The average Bonchev–Trinajstić information content (AvgIpc) is 2.65. The van der Waals surface area contributed by atoms with Crippen molar-refractivity contribution in [3.63, 3.8) is 0 Å². The summed E-state index contributed by atoms with van der Waals surface area (Å²) in [4.78, 5) is 25.4. The van der Waals surface area contributed by atoms with Crippen LogP contribution in [0.1, 0.15) is 52.4 Å². The topological polar surface area (TPSA) is 49.4 Å². The summed E-state index contributed by atoms with van der Waals surface area (Å²) in [6.45, 7) is 5.41. The van der Waals surface area contributed by atoms with E-state index >= 15 is 0 Å². The van der Waals surface area contributed by atoms with Gasteiger partial charge in [0.2, 0.25) is 11.8 Å². The number of rotatable bonds is 5. The van der Waals surface area contributed by atoms with Gasteiger partial charge in [-0.3, -0.25) is 14.5 Å². The van der Waals surface area contributed by atoms with Crippen LogP contribution in [-0.4, -0.2) is 35.8 Å². The van der Waals surface area contributed by atoms with Gasteiger partial charge in [0, 0.05) is 24.9 Å². The predicted octanol–water partition coefficient (Wildman–Crippen LogP) is 1.94. The molecule has 4 nitrogen and oxygen atoms in total. The number of imide groups is 1. The molecule has 0 spiro atoms. The predicted molar refractivity (Wildman–Crippen MR) is 74.5 cm³/mol. The zero-order valence-corrected chi connectivity index (χ0v) is 12.2. The second-order valence-corrected chi connectivity index (χ2v) is 6.01. The third kappa shape index (κ3) is 3.35. The quantitative estimate of drug-likeness (QED) is 0.774. The van der Waals surface area contributed by atoms with Gasteiger partial charge in [-0.15, -0.1) is 0 Å². The van der Waals surface area contributed by atoms with E-state index in [9.17, 15) is 9.59 Å². The first kappa shape index (κ1) is 14.5. The first-order valence-corrected chi connectivity index (χ1v) is 7.71. The first-order valence-electron chi connectivity index (χ1n) is 7.71. The van der Waals surface area contributed by atoms with E-state index in [0.29, 0.717) is 18.9 Å². The molecule has 1 saturated heterocycles. The van der Waals surface area contributed by atoms with Crippen molar-refractivity contribution in [1.29, 1.82) is 0 Å². The van der Waals surface area contributed by atoms with Gasteiger partial charge in [-0.1, -0.05) is 33.1 Å². The van der Waals surface area contributed by atoms with E-state index < -0.39 is 0 Å². The Morgan fingerprint density at radius 1 is 1.26 bits per heavy atom. The normalized spacial score (nSPS) is 27.1. The SMILES string of the molecule is CCNC(CN1C(=O)CC(C)C1=O)C1CCCCC1. The lowest BCUT2D eigenvalue weighted by atomic mass is 9.83. The van der Waals surface area contributed by atoms with Gasteiger partial charge >= 0.3 is 0 Å². The second kappa shape index (κ2) is 6.51. The summed E-state index contributed by atoms with van der Waals surface area (Å²) in [5.74, 6) is 0.520. The molecule has 1 N–H and O–H groups in total. The van der Waals surface area contributed by atoms with Crippen LogP contribution in [0.15, 0.2) is 0 Å². The molecule has 1 aliphatic carbocycles. The number of likely N-dealkylation sites (tertiary alicyclic amines) is 1. The standard InChI is InChI=1S/C15H26N2O2/c1-3-16-13(12-7-5-4-6-8-12)10-17-14(18)9-11(2)15(17)19/h11-13,16H,3-10H2,1-2H3. The van der Waals surface area contributed by atoms with Gasteiger partial charge in [0.1, 0.15) is 0 Å². The van der Waals surface area contributed by atoms with E-state index in [1.54, 1.807) is 0 Å². The average molecular weight is 266 g/mol. The Bertz CT molecular complexity index is 337. The summed E-state index contributed by atoms with van der Waals surface area (Å²) in [5, 5.41) is 3.49. The molecule has 2 atom stereocenters. The smallest absolute Gasteiger partial charge is 0.232 e. The lowest BCUT2D eigenvalue weighted by molar-refractivity contribution is -0.139. The molecule has 0 aromatic heterocycles. The molecule has 2 unspecified atom stereocenters. The molecule has 0 aromatic carbocycles. The highest BCUT2D eigenvalue weighted by Gasteiger charge is 2.37. The van der Waals surface area contributed by atoms with Crippen molar-refractivity contribution < 1.29 is 9.59 Å². The minimum atomic E-state index is -0.124. The number of likely N-dealkylation sites (N-methyl/N-ethyl adjacent to an activating group) is 1. The van der Waals surface area contributed by atoms with Crippen LogP contribution in [0.3, 0.4) is 0 Å². The fourth-order valence-electron chi connectivity index (χ4n) is 3.42. The van der Waals surface area contributed by atoms with Gasteiger partial charge < -0.3 is 5.32 Å². The van der Waals surface area contributed by atoms with Gasteiger partial charge in [0.05, 0.1) is 0 Å². The summed E-state index contributed by atoms with van der Waals surface area (Å²) in [6, 6.07) is 0.281. The van der Waals surface area contributed by atoms with E-state index in [4.69, 9.17) is 0 Å². The van der Waals surface area contributed by atoms with Crippen LogP contribution < -0.4 is 5.32 Å². The summed E-state index contributed by atoms with van der Waals surface area (Å²) in [6.07, 6.45) is 6.74. The third-order valence-corrected chi connectivity index (χ3v) is 4.53. The zero-order valence-electron chi connectivity index (χ0n) is 12.2. The number of carbonyl (C=O) groups is 2. The molecule has 1 heterocycles. The van der Waals surface area contributed by atoms with Crippen LogP contribution in [0.4, 0.5) is 0 Å². The Morgan fingerprint density at radius 2 is 1.95 bits per heavy atom. The van der Waals surface area contributed by atoms with E-state index in [1.807, 2.05) is 6.92 Å². The number of amides is 2. The number of nitrogens with one attached hydrogen (secondary N) is 1. The monoisotopic (exact) mass is 266 g/mol. The Balaban J connectivity index is 1.99. The van der Waals surface area contributed by atoms with Crippen molar-refractivity contribution >= 4 is 11.8 Å². The molecular weight excluding hydrogens is 240 g/mol. The number of nitrogens with zero attached hydrogens (tertiary/aromatic N) is 1. The molecule has 19 heavy (non-hydrogen) atoms. The van der Waals surface area contributed by atoms with Crippen molar-refractivity contribution in [1.82, 2.24) is 10.2 Å². The molecule has 0 bridgehead atoms. The maximum Gasteiger partial charge on any atom is 0.232 e. The zero-order chi connectivity index (χ0) is 13.8. The van der Waals surface area contributed by atoms with Crippen LogP contribution in [0, 0.1) is 11.8 Å². The molecule has 108 valence electrons. The van der Waals surface area contributed by atoms with Gasteiger partial charge in [-0.25, -0.2) is 0 Å².